The molecule has 116 valence electrons. The van der Waals surface area contributed by atoms with Crippen molar-refractivity contribution in [1.29, 1.82) is 0 Å². The van der Waals surface area contributed by atoms with E-state index in [4.69, 9.17) is 31.5 Å². The maximum atomic E-state index is 6.22. The first kappa shape index (κ1) is 14.9. The highest BCUT2D eigenvalue weighted by atomic mass is 35.5. The van der Waals surface area contributed by atoms with Crippen LogP contribution in [-0.2, 0) is 6.42 Å². The van der Waals surface area contributed by atoms with E-state index in [1.165, 1.54) is 14.2 Å². The average Bonchev–Trinajstić information content (AvgIpc) is 2.96. The van der Waals surface area contributed by atoms with Gasteiger partial charge in [0.1, 0.15) is 11.9 Å². The second-order valence-corrected chi connectivity index (χ2v) is 5.34. The lowest BCUT2D eigenvalue weighted by Crippen LogP contribution is -2.24. The molecule has 1 atom stereocenters. The van der Waals surface area contributed by atoms with Gasteiger partial charge in [0.05, 0.1) is 19.9 Å². The van der Waals surface area contributed by atoms with Gasteiger partial charge in [-0.2, -0.15) is 9.97 Å². The Morgan fingerprint density at radius 3 is 2.77 bits per heavy atom. The van der Waals surface area contributed by atoms with Gasteiger partial charge in [0.2, 0.25) is 5.88 Å². The Morgan fingerprint density at radius 2 is 2.09 bits per heavy atom. The molecule has 6 nitrogen and oxygen atoms in total. The number of rotatable bonds is 4. The topological polar surface area (TPSA) is 79.5 Å². The quantitative estimate of drug-likeness (QED) is 0.928. The second kappa shape index (κ2) is 5.98. The number of benzene rings is 1. The van der Waals surface area contributed by atoms with E-state index in [9.17, 15) is 0 Å². The third kappa shape index (κ3) is 2.67. The summed E-state index contributed by atoms with van der Waals surface area (Å²) in [5, 5.41) is 0.617. The van der Waals surface area contributed by atoms with E-state index >= 15 is 0 Å². The summed E-state index contributed by atoms with van der Waals surface area (Å²) in [5.74, 6) is 1.16. The maximum absolute atomic E-state index is 6.22. The summed E-state index contributed by atoms with van der Waals surface area (Å²) in [6.45, 7) is 0.447. The fourth-order valence-electron chi connectivity index (χ4n) is 2.45. The lowest BCUT2D eigenvalue weighted by molar-refractivity contribution is 0.242. The van der Waals surface area contributed by atoms with Crippen LogP contribution < -0.4 is 19.9 Å². The van der Waals surface area contributed by atoms with Gasteiger partial charge in [-0.1, -0.05) is 11.6 Å². The fourth-order valence-corrected chi connectivity index (χ4v) is 2.69. The summed E-state index contributed by atoms with van der Waals surface area (Å²) in [6, 6.07) is 5.64. The van der Waals surface area contributed by atoms with Gasteiger partial charge in [0.25, 0.3) is 0 Å². The van der Waals surface area contributed by atoms with Crippen LogP contribution in [0.15, 0.2) is 18.2 Å². The minimum Gasteiger partial charge on any atom is -0.488 e. The number of hydrogen-bond acceptors (Lipinski definition) is 6. The van der Waals surface area contributed by atoms with Gasteiger partial charge in [-0.3, -0.25) is 0 Å². The molecule has 0 radical (unpaired) electrons. The molecule has 0 amide bonds. The zero-order chi connectivity index (χ0) is 15.7. The number of fused-ring (bicyclic) bond motifs is 1. The Balaban J connectivity index is 2.13. The summed E-state index contributed by atoms with van der Waals surface area (Å²) in [6.07, 6.45) is 0.691. The minimum absolute atomic E-state index is 0.0437. The number of methoxy groups -OCH3 is 2. The second-order valence-electron chi connectivity index (χ2n) is 4.90. The van der Waals surface area contributed by atoms with Crippen molar-refractivity contribution in [2.45, 2.75) is 12.5 Å². The summed E-state index contributed by atoms with van der Waals surface area (Å²) in [4.78, 5) is 8.45. The highest BCUT2D eigenvalue weighted by Crippen LogP contribution is 2.41. The number of ether oxygens (including phenoxy) is 3. The Hall–Kier alpha value is -2.05. The Bertz CT molecular complexity index is 686. The van der Waals surface area contributed by atoms with Crippen molar-refractivity contribution < 1.29 is 14.2 Å². The molecule has 0 fully saturated rings. The lowest BCUT2D eigenvalue weighted by Gasteiger charge is -2.12. The third-order valence-electron chi connectivity index (χ3n) is 3.48. The Kier molecular flexibility index (Phi) is 4.04. The molecular formula is C15H16ClN3O3. The summed E-state index contributed by atoms with van der Waals surface area (Å²) < 4.78 is 16.2. The molecule has 2 heterocycles. The largest absolute Gasteiger partial charge is 0.488 e. The van der Waals surface area contributed by atoms with Crippen molar-refractivity contribution >= 4 is 11.6 Å². The van der Waals surface area contributed by atoms with E-state index < -0.39 is 0 Å². The van der Waals surface area contributed by atoms with E-state index in [-0.39, 0.29) is 12.1 Å². The van der Waals surface area contributed by atoms with Crippen LogP contribution in [0, 0.1) is 0 Å². The molecule has 3 rings (SSSR count). The van der Waals surface area contributed by atoms with Crippen LogP contribution in [0.25, 0.3) is 11.3 Å². The van der Waals surface area contributed by atoms with E-state index in [0.29, 0.717) is 23.1 Å². The average molecular weight is 322 g/mol. The van der Waals surface area contributed by atoms with Crippen molar-refractivity contribution in [3.63, 3.8) is 0 Å². The number of nitrogens with two attached hydrogens (primary N) is 1. The van der Waals surface area contributed by atoms with Crippen LogP contribution >= 0.6 is 11.6 Å². The highest BCUT2D eigenvalue weighted by molar-refractivity contribution is 6.31. The third-order valence-corrected chi connectivity index (χ3v) is 3.69. The number of halogens is 1. The Morgan fingerprint density at radius 1 is 1.27 bits per heavy atom. The number of hydrogen-bond donors (Lipinski definition) is 1. The van der Waals surface area contributed by atoms with Gasteiger partial charge < -0.3 is 19.9 Å². The first-order valence-electron chi connectivity index (χ1n) is 6.81. The summed E-state index contributed by atoms with van der Waals surface area (Å²) in [5.41, 5.74) is 8.13. The van der Waals surface area contributed by atoms with E-state index in [0.717, 1.165) is 23.3 Å². The maximum Gasteiger partial charge on any atom is 0.320 e. The van der Waals surface area contributed by atoms with Gasteiger partial charge in [0.15, 0.2) is 0 Å². The smallest absolute Gasteiger partial charge is 0.320 e. The predicted octanol–water partition coefficient (Wildman–Crippen LogP) is 2.08. The van der Waals surface area contributed by atoms with Crippen molar-refractivity contribution in [2.24, 2.45) is 5.73 Å². The van der Waals surface area contributed by atoms with Gasteiger partial charge >= 0.3 is 6.01 Å². The van der Waals surface area contributed by atoms with Crippen LogP contribution in [0.3, 0.4) is 0 Å². The van der Waals surface area contributed by atoms with E-state index in [2.05, 4.69) is 9.97 Å². The number of aromatic nitrogens is 2. The molecule has 0 bridgehead atoms. The molecule has 0 spiro atoms. The molecular weight excluding hydrogens is 306 g/mol. The van der Waals surface area contributed by atoms with Gasteiger partial charge in [0, 0.05) is 35.2 Å². The zero-order valence-corrected chi connectivity index (χ0v) is 13.1. The highest BCUT2D eigenvalue weighted by Gasteiger charge is 2.26. The van der Waals surface area contributed by atoms with Crippen molar-refractivity contribution in [3.05, 3.63) is 28.8 Å². The van der Waals surface area contributed by atoms with E-state index in [1.807, 2.05) is 6.07 Å². The Labute approximate surface area is 133 Å². The first-order valence-corrected chi connectivity index (χ1v) is 7.19. The van der Waals surface area contributed by atoms with Crippen LogP contribution in [0.5, 0.6) is 17.6 Å². The molecule has 2 aromatic rings. The van der Waals surface area contributed by atoms with Gasteiger partial charge in [-0.25, -0.2) is 0 Å². The van der Waals surface area contributed by atoms with Crippen molar-refractivity contribution in [3.8, 4) is 28.9 Å². The molecule has 0 saturated carbocycles. The molecule has 0 aliphatic carbocycles. The normalized spacial score (nSPS) is 16.1. The molecule has 2 N–H and O–H groups in total. The molecule has 22 heavy (non-hydrogen) atoms. The molecule has 1 aromatic heterocycles. The molecule has 0 saturated heterocycles. The van der Waals surface area contributed by atoms with Crippen LogP contribution in [-0.4, -0.2) is 36.8 Å². The molecule has 0 unspecified atom stereocenters. The SMILES string of the molecule is COc1cc(-c2cc(Cl)cc3c2O[C@H](CN)C3)nc(OC)n1. The van der Waals surface area contributed by atoms with Gasteiger partial charge in [-0.15, -0.1) is 0 Å². The zero-order valence-electron chi connectivity index (χ0n) is 12.3. The monoisotopic (exact) mass is 321 g/mol. The van der Waals surface area contributed by atoms with Gasteiger partial charge in [-0.05, 0) is 12.1 Å². The molecule has 1 aliphatic rings. The van der Waals surface area contributed by atoms with Crippen LogP contribution in [0.2, 0.25) is 5.02 Å². The fraction of sp³-hybridized carbons (Fsp3) is 0.333. The predicted molar refractivity (Wildman–Crippen MR) is 82.8 cm³/mol. The number of nitrogens with zero attached hydrogens (tertiary/aromatic N) is 2. The first-order chi connectivity index (χ1) is 10.6. The standard InChI is InChI=1S/C15H16ClN3O3/c1-20-13-6-12(18-15(19-13)21-2)11-5-9(16)3-8-4-10(7-17)22-14(8)11/h3,5-6,10H,4,7,17H2,1-2H3/t10-/m0/s1. The van der Waals surface area contributed by atoms with E-state index in [1.54, 1.807) is 12.1 Å². The molecule has 7 heteroatoms. The summed E-state index contributed by atoms with van der Waals surface area (Å²) in [7, 11) is 3.04. The minimum atomic E-state index is -0.0437. The van der Waals surface area contributed by atoms with Crippen molar-refractivity contribution in [2.75, 3.05) is 20.8 Å². The molecule has 1 aromatic carbocycles. The lowest BCUT2D eigenvalue weighted by atomic mass is 10.0. The van der Waals surface area contributed by atoms with Crippen LogP contribution in [0.4, 0.5) is 0 Å². The van der Waals surface area contributed by atoms with Crippen molar-refractivity contribution in [1.82, 2.24) is 9.97 Å². The van der Waals surface area contributed by atoms with Crippen LogP contribution in [0.1, 0.15) is 5.56 Å². The molecule has 1 aliphatic heterocycles. The summed E-state index contributed by atoms with van der Waals surface area (Å²) >= 11 is 6.22.